The monoisotopic (exact) mass is 267 g/mol. The van der Waals surface area contributed by atoms with Gasteiger partial charge in [-0.15, -0.1) is 11.3 Å². The molecule has 0 atom stereocenters. The highest BCUT2D eigenvalue weighted by atomic mass is 32.1. The normalized spacial score (nSPS) is 18.8. The predicted molar refractivity (Wildman–Crippen MR) is 70.5 cm³/mol. The lowest BCUT2D eigenvalue weighted by atomic mass is 9.84. The maximum atomic E-state index is 12.3. The summed E-state index contributed by atoms with van der Waals surface area (Å²) in [6.07, 6.45) is 3.17. The van der Waals surface area contributed by atoms with E-state index in [-0.39, 0.29) is 11.7 Å². The van der Waals surface area contributed by atoms with Crippen LogP contribution < -0.4 is 11.1 Å². The van der Waals surface area contributed by atoms with E-state index in [4.69, 9.17) is 10.9 Å². The van der Waals surface area contributed by atoms with Gasteiger partial charge in [-0.2, -0.15) is 0 Å². The van der Waals surface area contributed by atoms with E-state index >= 15 is 0 Å². The van der Waals surface area contributed by atoms with Crippen molar-refractivity contribution in [2.45, 2.75) is 32.2 Å². The van der Waals surface area contributed by atoms with Crippen LogP contribution in [0.15, 0.2) is 22.7 Å². The Morgan fingerprint density at radius 2 is 2.28 bits per heavy atom. The second-order valence-electron chi connectivity index (χ2n) is 4.54. The van der Waals surface area contributed by atoms with E-state index in [1.54, 1.807) is 11.3 Å². The van der Waals surface area contributed by atoms with Gasteiger partial charge < -0.3 is 16.3 Å². The molecule has 0 saturated heterocycles. The fourth-order valence-corrected chi connectivity index (χ4v) is 3.07. The van der Waals surface area contributed by atoms with Crippen molar-refractivity contribution in [3.8, 4) is 0 Å². The Morgan fingerprint density at radius 3 is 2.83 bits per heavy atom. The molecule has 1 amide bonds. The lowest BCUT2D eigenvalue weighted by Gasteiger charge is -2.25. The Kier molecular flexibility index (Phi) is 3.86. The molecule has 6 heteroatoms. The summed E-state index contributed by atoms with van der Waals surface area (Å²) < 4.78 is 0. The van der Waals surface area contributed by atoms with Gasteiger partial charge in [0.25, 0.3) is 0 Å². The number of thiophene rings is 1. The van der Waals surface area contributed by atoms with Crippen LogP contribution in [0.25, 0.3) is 0 Å². The largest absolute Gasteiger partial charge is 0.409 e. The minimum Gasteiger partial charge on any atom is -0.409 e. The molecule has 0 spiro atoms. The van der Waals surface area contributed by atoms with E-state index in [0.29, 0.717) is 19.4 Å². The summed E-state index contributed by atoms with van der Waals surface area (Å²) >= 11 is 1.59. The first kappa shape index (κ1) is 12.9. The Labute approximate surface area is 110 Å². The lowest BCUT2D eigenvalue weighted by Crippen LogP contribution is -2.47. The maximum Gasteiger partial charge on any atom is 0.234 e. The number of nitrogens with one attached hydrogen (secondary N) is 1. The molecule has 5 nitrogen and oxygen atoms in total. The van der Waals surface area contributed by atoms with Gasteiger partial charge in [-0.1, -0.05) is 24.1 Å². The maximum absolute atomic E-state index is 12.3. The van der Waals surface area contributed by atoms with Gasteiger partial charge in [0.1, 0.15) is 5.41 Å². The van der Waals surface area contributed by atoms with Crippen molar-refractivity contribution in [3.05, 3.63) is 22.4 Å². The summed E-state index contributed by atoms with van der Waals surface area (Å²) in [6, 6.07) is 3.91. The fourth-order valence-electron chi connectivity index (χ4n) is 2.42. The third kappa shape index (κ3) is 2.33. The van der Waals surface area contributed by atoms with Crippen LogP contribution in [0.4, 0.5) is 0 Å². The van der Waals surface area contributed by atoms with Crippen LogP contribution in [0.5, 0.6) is 0 Å². The number of amidine groups is 1. The van der Waals surface area contributed by atoms with Gasteiger partial charge in [-0.3, -0.25) is 4.79 Å². The molecule has 1 aromatic rings. The van der Waals surface area contributed by atoms with Crippen molar-refractivity contribution in [2.75, 3.05) is 0 Å². The Hall–Kier alpha value is -1.56. The van der Waals surface area contributed by atoms with Crippen LogP contribution in [0.2, 0.25) is 0 Å². The van der Waals surface area contributed by atoms with Crippen LogP contribution in [0.1, 0.15) is 30.6 Å². The van der Waals surface area contributed by atoms with Crippen molar-refractivity contribution in [1.29, 1.82) is 0 Å². The number of rotatable bonds is 4. The van der Waals surface area contributed by atoms with Gasteiger partial charge in [0, 0.05) is 4.88 Å². The molecule has 1 heterocycles. The Balaban J connectivity index is 2.05. The van der Waals surface area contributed by atoms with Gasteiger partial charge in [0.15, 0.2) is 5.84 Å². The second kappa shape index (κ2) is 5.39. The van der Waals surface area contributed by atoms with Crippen LogP contribution >= 0.6 is 11.3 Å². The first-order chi connectivity index (χ1) is 8.69. The average molecular weight is 267 g/mol. The van der Waals surface area contributed by atoms with Crippen molar-refractivity contribution in [3.63, 3.8) is 0 Å². The predicted octanol–water partition coefficient (Wildman–Crippen LogP) is 1.67. The van der Waals surface area contributed by atoms with Crippen molar-refractivity contribution < 1.29 is 10.0 Å². The minimum atomic E-state index is -0.813. The van der Waals surface area contributed by atoms with E-state index in [1.807, 2.05) is 17.5 Å². The van der Waals surface area contributed by atoms with E-state index in [9.17, 15) is 4.79 Å². The van der Waals surface area contributed by atoms with Gasteiger partial charge in [0.2, 0.25) is 5.91 Å². The molecule has 1 aromatic heterocycles. The molecule has 4 N–H and O–H groups in total. The smallest absolute Gasteiger partial charge is 0.234 e. The van der Waals surface area contributed by atoms with Crippen LogP contribution in [0, 0.1) is 5.41 Å². The molecule has 1 aliphatic rings. The third-order valence-electron chi connectivity index (χ3n) is 3.49. The van der Waals surface area contributed by atoms with Gasteiger partial charge in [-0.05, 0) is 24.3 Å². The third-order valence-corrected chi connectivity index (χ3v) is 4.37. The summed E-state index contributed by atoms with van der Waals surface area (Å²) in [5.41, 5.74) is 4.89. The summed E-state index contributed by atoms with van der Waals surface area (Å²) in [6.45, 7) is 0.497. The molecular weight excluding hydrogens is 250 g/mol. The Morgan fingerprint density at radius 1 is 1.56 bits per heavy atom. The topological polar surface area (TPSA) is 87.7 Å². The van der Waals surface area contributed by atoms with Crippen LogP contribution in [-0.2, 0) is 11.3 Å². The molecule has 0 aliphatic heterocycles. The molecular formula is C12H17N3O2S. The number of nitrogens with zero attached hydrogens (tertiary/aromatic N) is 1. The molecule has 18 heavy (non-hydrogen) atoms. The first-order valence-corrected chi connectivity index (χ1v) is 6.86. The summed E-state index contributed by atoms with van der Waals surface area (Å²) in [7, 11) is 0. The highest BCUT2D eigenvalue weighted by Crippen LogP contribution is 2.38. The fraction of sp³-hybridized carbons (Fsp3) is 0.500. The molecule has 0 radical (unpaired) electrons. The SMILES string of the molecule is NC(=NO)C1(C(=O)NCc2cccs2)CCCC1. The second-order valence-corrected chi connectivity index (χ2v) is 5.57. The molecule has 1 aliphatic carbocycles. The number of hydrogen-bond acceptors (Lipinski definition) is 4. The highest BCUT2D eigenvalue weighted by Gasteiger charge is 2.45. The number of oxime groups is 1. The van der Waals surface area contributed by atoms with Crippen LogP contribution in [0.3, 0.4) is 0 Å². The zero-order valence-electron chi connectivity index (χ0n) is 10.1. The quantitative estimate of drug-likeness (QED) is 0.335. The van der Waals surface area contributed by atoms with Crippen molar-refractivity contribution >= 4 is 23.1 Å². The highest BCUT2D eigenvalue weighted by molar-refractivity contribution is 7.09. The number of nitrogens with two attached hydrogens (primary N) is 1. The van der Waals surface area contributed by atoms with Gasteiger partial charge >= 0.3 is 0 Å². The lowest BCUT2D eigenvalue weighted by molar-refractivity contribution is -0.127. The van der Waals surface area contributed by atoms with E-state index in [2.05, 4.69) is 10.5 Å². The minimum absolute atomic E-state index is 0.0312. The molecule has 0 unspecified atom stereocenters. The van der Waals surface area contributed by atoms with Crippen molar-refractivity contribution in [2.24, 2.45) is 16.3 Å². The average Bonchev–Trinajstić information content (AvgIpc) is 3.06. The van der Waals surface area contributed by atoms with Crippen molar-refractivity contribution in [1.82, 2.24) is 5.32 Å². The molecule has 2 rings (SSSR count). The molecule has 0 bridgehead atoms. The summed E-state index contributed by atoms with van der Waals surface area (Å²) in [4.78, 5) is 13.4. The number of carbonyl (C=O) groups excluding carboxylic acids is 1. The summed E-state index contributed by atoms with van der Waals surface area (Å²) in [5.74, 6) is -0.104. The standard InChI is InChI=1S/C12H17N3O2S/c13-10(15-17)12(5-1-2-6-12)11(16)14-8-9-4-3-7-18-9/h3-4,7,17H,1-2,5-6,8H2,(H2,13,15)(H,14,16). The molecule has 0 aromatic carbocycles. The van der Waals surface area contributed by atoms with Gasteiger partial charge in [-0.25, -0.2) is 0 Å². The Bertz CT molecular complexity index is 436. The van der Waals surface area contributed by atoms with E-state index < -0.39 is 5.41 Å². The number of hydrogen-bond donors (Lipinski definition) is 3. The molecule has 1 saturated carbocycles. The van der Waals surface area contributed by atoms with Crippen LogP contribution in [-0.4, -0.2) is 17.0 Å². The number of amides is 1. The number of carbonyl (C=O) groups is 1. The first-order valence-electron chi connectivity index (χ1n) is 5.98. The zero-order valence-corrected chi connectivity index (χ0v) is 10.9. The molecule has 1 fully saturated rings. The van der Waals surface area contributed by atoms with E-state index in [1.165, 1.54) is 0 Å². The van der Waals surface area contributed by atoms with E-state index in [0.717, 1.165) is 17.7 Å². The van der Waals surface area contributed by atoms with Gasteiger partial charge in [0.05, 0.1) is 6.54 Å². The summed E-state index contributed by atoms with van der Waals surface area (Å²) in [5, 5.41) is 16.7. The molecule has 98 valence electrons. The zero-order chi connectivity index (χ0) is 13.0.